The van der Waals surface area contributed by atoms with E-state index in [1.54, 1.807) is 25.1 Å². The molecule has 31 heavy (non-hydrogen) atoms. The van der Waals surface area contributed by atoms with Gasteiger partial charge in [0.25, 0.3) is 0 Å². The highest BCUT2D eigenvalue weighted by atomic mass is 32.2. The predicted molar refractivity (Wildman–Crippen MR) is 106 cm³/mol. The van der Waals surface area contributed by atoms with E-state index in [9.17, 15) is 26.4 Å². The van der Waals surface area contributed by atoms with E-state index in [4.69, 9.17) is 4.18 Å². The predicted octanol–water partition coefficient (Wildman–Crippen LogP) is 3.42. The molecule has 3 aliphatic heterocycles. The average molecular weight is 454 g/mol. The number of hydrogen-bond acceptors (Lipinski definition) is 5. The minimum atomic E-state index is -5.90. The van der Waals surface area contributed by atoms with Crippen LogP contribution in [0.25, 0.3) is 0 Å². The Morgan fingerprint density at radius 3 is 2.65 bits per heavy atom. The molecule has 1 aliphatic carbocycles. The molecule has 2 saturated heterocycles. The van der Waals surface area contributed by atoms with Crippen molar-refractivity contribution in [1.29, 1.82) is 0 Å². The highest BCUT2D eigenvalue weighted by Crippen LogP contribution is 2.63. The Morgan fingerprint density at radius 1 is 1.29 bits per heavy atom. The van der Waals surface area contributed by atoms with Crippen LogP contribution >= 0.6 is 0 Å². The van der Waals surface area contributed by atoms with Crippen molar-refractivity contribution in [2.24, 2.45) is 5.92 Å². The van der Waals surface area contributed by atoms with E-state index >= 15 is 0 Å². The van der Waals surface area contributed by atoms with Crippen molar-refractivity contribution in [3.63, 3.8) is 0 Å². The minimum absolute atomic E-state index is 0.0531. The summed E-state index contributed by atoms with van der Waals surface area (Å²) in [6.45, 7) is 4.33. The lowest BCUT2D eigenvalue weighted by Crippen LogP contribution is -2.54. The van der Waals surface area contributed by atoms with Crippen LogP contribution in [0.1, 0.15) is 32.3 Å². The molecule has 0 radical (unpaired) electrons. The second kappa shape index (κ2) is 6.35. The number of anilines is 1. The maximum atomic E-state index is 13.3. The Bertz CT molecular complexity index is 1160. The lowest BCUT2D eigenvalue weighted by molar-refractivity contribution is -0.116. The molecule has 3 heterocycles. The Morgan fingerprint density at radius 2 is 2.00 bits per heavy atom. The number of rotatable bonds is 2. The second-order valence-electron chi connectivity index (χ2n) is 8.43. The first-order valence-electron chi connectivity index (χ1n) is 10.1. The minimum Gasteiger partial charge on any atom is -0.378 e. The number of halogens is 3. The molecule has 0 aromatic heterocycles. The molecule has 1 aromatic carbocycles. The molecule has 1 amide bonds. The number of allylic oxidation sites excluding steroid dienone is 2. The molecule has 1 spiro atoms. The number of amides is 1. The van der Waals surface area contributed by atoms with Crippen LogP contribution in [0.3, 0.4) is 0 Å². The summed E-state index contributed by atoms with van der Waals surface area (Å²) in [7, 11) is -5.90. The van der Waals surface area contributed by atoms with Crippen LogP contribution in [-0.2, 0) is 24.5 Å². The summed E-state index contributed by atoms with van der Waals surface area (Å²) in [6, 6.07) is 7.16. The molecule has 3 atom stereocenters. The van der Waals surface area contributed by atoms with Gasteiger partial charge in [0.2, 0.25) is 5.91 Å². The van der Waals surface area contributed by atoms with Gasteiger partial charge in [-0.2, -0.15) is 21.6 Å². The first-order chi connectivity index (χ1) is 14.5. The maximum absolute atomic E-state index is 13.3. The molecule has 166 valence electrons. The fourth-order valence-electron chi connectivity index (χ4n) is 5.95. The number of carbonyl (C=O) groups is 1. The zero-order valence-electron chi connectivity index (χ0n) is 16.9. The second-order valence-corrected chi connectivity index (χ2v) is 9.96. The van der Waals surface area contributed by atoms with E-state index < -0.39 is 32.9 Å². The van der Waals surface area contributed by atoms with Crippen molar-refractivity contribution >= 4 is 21.7 Å². The van der Waals surface area contributed by atoms with E-state index in [-0.39, 0.29) is 17.5 Å². The Kier molecular flexibility index (Phi) is 4.21. The number of carbonyl (C=O) groups excluding carboxylic acids is 1. The molecule has 4 aliphatic rings. The van der Waals surface area contributed by atoms with E-state index in [0.29, 0.717) is 31.6 Å². The van der Waals surface area contributed by atoms with Gasteiger partial charge in [-0.3, -0.25) is 14.6 Å². The Balaban J connectivity index is 1.84. The van der Waals surface area contributed by atoms with Crippen molar-refractivity contribution in [2.75, 3.05) is 18.0 Å². The van der Waals surface area contributed by atoms with Crippen molar-refractivity contribution < 1.29 is 30.6 Å². The third-order valence-corrected chi connectivity index (χ3v) is 8.05. The Hall–Kier alpha value is -2.33. The normalized spacial score (nSPS) is 31.1. The molecule has 10 heteroatoms. The summed E-state index contributed by atoms with van der Waals surface area (Å²) in [5.41, 5.74) is -3.90. The van der Waals surface area contributed by atoms with Gasteiger partial charge in [0, 0.05) is 32.0 Å². The van der Waals surface area contributed by atoms with Gasteiger partial charge in [-0.15, -0.1) is 0 Å². The highest BCUT2D eigenvalue weighted by Gasteiger charge is 2.65. The molecule has 0 unspecified atom stereocenters. The van der Waals surface area contributed by atoms with Crippen LogP contribution in [0.5, 0.6) is 0 Å². The summed E-state index contributed by atoms with van der Waals surface area (Å²) < 4.78 is 69.0. The first kappa shape index (κ1) is 20.6. The standard InChI is InChI=1S/C21H21F3N2O4S/c1-3-13-11-25-9-8-20-15-6-4-5-7-16(15)26(12(2)27)19(20)18(14(13)10-17(20)25)30-31(28,29)21(22,23)24/h3-7,14,17H,8-11H2,1-2H3/b13-3-/t14-,17-,20+/m0/s1. The molecule has 2 bridgehead atoms. The van der Waals surface area contributed by atoms with E-state index in [1.165, 1.54) is 11.8 Å². The summed E-state index contributed by atoms with van der Waals surface area (Å²) >= 11 is 0. The van der Waals surface area contributed by atoms with Crippen molar-refractivity contribution in [3.8, 4) is 0 Å². The summed E-state index contributed by atoms with van der Waals surface area (Å²) in [6.07, 6.45) is 2.80. The third kappa shape index (κ3) is 2.54. The van der Waals surface area contributed by atoms with E-state index in [0.717, 1.165) is 11.1 Å². The number of para-hydroxylation sites is 1. The number of nitrogens with zero attached hydrogens (tertiary/aromatic N) is 2. The number of benzene rings is 1. The number of alkyl halides is 3. The lowest BCUT2D eigenvalue weighted by atomic mass is 9.64. The molecule has 1 aromatic rings. The van der Waals surface area contributed by atoms with E-state index in [1.807, 2.05) is 12.1 Å². The topological polar surface area (TPSA) is 66.9 Å². The fourth-order valence-corrected chi connectivity index (χ4v) is 6.48. The van der Waals surface area contributed by atoms with Crippen LogP contribution < -0.4 is 4.90 Å². The molecule has 2 fully saturated rings. The Labute approximate surface area is 178 Å². The lowest BCUT2D eigenvalue weighted by Gasteiger charge is -2.49. The average Bonchev–Trinajstić information content (AvgIpc) is 3.23. The van der Waals surface area contributed by atoms with Crippen LogP contribution in [0.15, 0.2) is 47.4 Å². The number of hydrogen-bond donors (Lipinski definition) is 0. The molecule has 0 N–H and O–H groups in total. The third-order valence-electron chi connectivity index (χ3n) is 7.09. The van der Waals surface area contributed by atoms with Crippen molar-refractivity contribution in [2.45, 2.75) is 43.7 Å². The van der Waals surface area contributed by atoms with Crippen LogP contribution in [0, 0.1) is 5.92 Å². The molecular formula is C21H21F3N2O4S. The van der Waals surface area contributed by atoms with Crippen molar-refractivity contribution in [1.82, 2.24) is 4.90 Å². The monoisotopic (exact) mass is 454 g/mol. The van der Waals surface area contributed by atoms with Gasteiger partial charge in [-0.1, -0.05) is 24.3 Å². The molecule has 0 saturated carbocycles. The van der Waals surface area contributed by atoms with Gasteiger partial charge < -0.3 is 4.18 Å². The zero-order valence-corrected chi connectivity index (χ0v) is 17.8. The van der Waals surface area contributed by atoms with Gasteiger partial charge in [-0.05, 0) is 37.0 Å². The fraction of sp³-hybridized carbons (Fsp3) is 0.476. The molecule has 5 rings (SSSR count). The number of piperidine rings is 1. The van der Waals surface area contributed by atoms with Gasteiger partial charge in [-0.25, -0.2) is 0 Å². The van der Waals surface area contributed by atoms with Crippen LogP contribution in [-0.4, -0.2) is 43.9 Å². The van der Waals surface area contributed by atoms with E-state index in [2.05, 4.69) is 4.90 Å². The van der Waals surface area contributed by atoms with Crippen LogP contribution in [0.4, 0.5) is 18.9 Å². The SMILES string of the molecule is C/C=C1/CN2CC[C@]34C(=C(OS(=O)(=O)C(F)(F)F)[C@H]1C[C@H]23)N(C(C)=O)c1ccccc14. The van der Waals surface area contributed by atoms with Gasteiger partial charge >= 0.3 is 15.6 Å². The van der Waals surface area contributed by atoms with Gasteiger partial charge in [0.05, 0.1) is 16.8 Å². The van der Waals surface area contributed by atoms with Crippen LogP contribution in [0.2, 0.25) is 0 Å². The molecule has 6 nitrogen and oxygen atoms in total. The summed E-state index contributed by atoms with van der Waals surface area (Å²) in [4.78, 5) is 16.4. The van der Waals surface area contributed by atoms with Gasteiger partial charge in [0.15, 0.2) is 0 Å². The molecular weight excluding hydrogens is 433 g/mol. The quantitative estimate of drug-likeness (QED) is 0.389. The highest BCUT2D eigenvalue weighted by molar-refractivity contribution is 7.87. The van der Waals surface area contributed by atoms with Crippen molar-refractivity contribution in [3.05, 3.63) is 52.9 Å². The maximum Gasteiger partial charge on any atom is 0.534 e. The first-order valence-corrected chi connectivity index (χ1v) is 11.5. The largest absolute Gasteiger partial charge is 0.534 e. The summed E-state index contributed by atoms with van der Waals surface area (Å²) in [5, 5.41) is 0. The zero-order chi connectivity index (χ0) is 22.3. The van der Waals surface area contributed by atoms with Gasteiger partial charge in [0.1, 0.15) is 5.76 Å². The smallest absolute Gasteiger partial charge is 0.378 e. The summed E-state index contributed by atoms with van der Waals surface area (Å²) in [5.74, 6) is -1.30. The number of fused-ring (bicyclic) bond motifs is 2.